The monoisotopic (exact) mass is 276 g/mol. The Balaban J connectivity index is 4.12. The van der Waals surface area contributed by atoms with E-state index in [-0.39, 0.29) is 24.4 Å². The van der Waals surface area contributed by atoms with E-state index in [0.29, 0.717) is 11.8 Å². The predicted octanol–water partition coefficient (Wildman–Crippen LogP) is 1.88. The minimum Gasteiger partial charge on any atom is -0.481 e. The van der Waals surface area contributed by atoms with Gasteiger partial charge in [0.1, 0.15) is 0 Å². The summed E-state index contributed by atoms with van der Waals surface area (Å²) in [5.74, 6) is -0.897. The van der Waals surface area contributed by atoms with Crippen LogP contribution in [0.25, 0.3) is 0 Å². The fourth-order valence-electron chi connectivity index (χ4n) is 1.42. The Bertz CT molecular complexity index is 290. The van der Waals surface area contributed by atoms with E-state index in [0.717, 1.165) is 0 Å². The summed E-state index contributed by atoms with van der Waals surface area (Å²) in [6.45, 7) is 7.21. The second kappa shape index (κ2) is 7.51. The van der Waals surface area contributed by atoms with E-state index in [9.17, 15) is 9.59 Å². The Hall–Kier alpha value is -0.910. The van der Waals surface area contributed by atoms with E-state index >= 15 is 0 Å². The minimum atomic E-state index is -0.897. The molecule has 6 heteroatoms. The lowest BCUT2D eigenvalue weighted by molar-refractivity contribution is -0.137. The summed E-state index contributed by atoms with van der Waals surface area (Å²) in [6.07, 6.45) is 1.99. The zero-order valence-electron chi connectivity index (χ0n) is 11.8. The first kappa shape index (κ1) is 17.1. The van der Waals surface area contributed by atoms with Gasteiger partial charge in [-0.15, -0.1) is 0 Å². The standard InChI is InChI=1S/C12H24N2O3S/c1-12(2,3)9(18-5)8-13-11(17)14(4)7-6-10(15)16/h9H,6-8H2,1-5H3,(H,13,17)(H,15,16). The molecule has 0 heterocycles. The Kier molecular flexibility index (Phi) is 7.13. The summed E-state index contributed by atoms with van der Waals surface area (Å²) in [5, 5.41) is 11.7. The fourth-order valence-corrected chi connectivity index (χ4v) is 2.38. The summed E-state index contributed by atoms with van der Waals surface area (Å²) >= 11 is 1.72. The number of amides is 2. The maximum atomic E-state index is 11.7. The van der Waals surface area contributed by atoms with Gasteiger partial charge in [-0.25, -0.2) is 4.79 Å². The van der Waals surface area contributed by atoms with Crippen LogP contribution in [0.3, 0.4) is 0 Å². The predicted molar refractivity (Wildman–Crippen MR) is 75.0 cm³/mol. The molecule has 0 saturated carbocycles. The van der Waals surface area contributed by atoms with Crippen LogP contribution in [0, 0.1) is 5.41 Å². The Morgan fingerprint density at radius 2 is 1.94 bits per heavy atom. The summed E-state index contributed by atoms with van der Waals surface area (Å²) in [7, 11) is 1.60. The van der Waals surface area contributed by atoms with Crippen molar-refractivity contribution in [2.45, 2.75) is 32.4 Å². The van der Waals surface area contributed by atoms with Crippen LogP contribution in [-0.4, -0.2) is 53.6 Å². The lowest BCUT2D eigenvalue weighted by atomic mass is 9.91. The van der Waals surface area contributed by atoms with Crippen LogP contribution in [0.2, 0.25) is 0 Å². The third-order valence-corrected chi connectivity index (χ3v) is 4.14. The maximum Gasteiger partial charge on any atom is 0.317 e. The molecule has 0 aliphatic heterocycles. The number of hydrogen-bond acceptors (Lipinski definition) is 3. The van der Waals surface area contributed by atoms with Crippen molar-refractivity contribution in [2.24, 2.45) is 5.41 Å². The highest BCUT2D eigenvalue weighted by Gasteiger charge is 2.24. The van der Waals surface area contributed by atoms with Gasteiger partial charge in [0.2, 0.25) is 0 Å². The van der Waals surface area contributed by atoms with E-state index in [1.54, 1.807) is 18.8 Å². The summed E-state index contributed by atoms with van der Waals surface area (Å²) in [4.78, 5) is 23.5. The van der Waals surface area contributed by atoms with Crippen molar-refractivity contribution in [1.82, 2.24) is 10.2 Å². The minimum absolute atomic E-state index is 0.0326. The van der Waals surface area contributed by atoms with Gasteiger partial charge in [0.25, 0.3) is 0 Å². The summed E-state index contributed by atoms with van der Waals surface area (Å²) in [5.41, 5.74) is 0.117. The smallest absolute Gasteiger partial charge is 0.317 e. The van der Waals surface area contributed by atoms with Gasteiger partial charge in [0.05, 0.1) is 6.42 Å². The topological polar surface area (TPSA) is 69.6 Å². The first-order chi connectivity index (χ1) is 8.18. The Morgan fingerprint density at radius 3 is 2.33 bits per heavy atom. The number of carbonyl (C=O) groups excluding carboxylic acids is 1. The summed E-state index contributed by atoms with van der Waals surface area (Å²) in [6, 6.07) is -0.223. The van der Waals surface area contributed by atoms with Crippen LogP contribution in [-0.2, 0) is 4.79 Å². The number of thioether (sulfide) groups is 1. The molecule has 0 aromatic rings. The molecule has 5 nitrogen and oxygen atoms in total. The van der Waals surface area contributed by atoms with E-state index in [2.05, 4.69) is 26.1 Å². The molecule has 0 bridgehead atoms. The highest BCUT2D eigenvalue weighted by atomic mass is 32.2. The quantitative estimate of drug-likeness (QED) is 0.777. The molecular weight excluding hydrogens is 252 g/mol. The molecule has 0 fully saturated rings. The molecule has 0 aliphatic carbocycles. The van der Waals surface area contributed by atoms with Gasteiger partial charge < -0.3 is 15.3 Å². The number of carboxylic acid groups (broad SMARTS) is 1. The van der Waals surface area contributed by atoms with Crippen LogP contribution in [0.4, 0.5) is 4.79 Å². The van der Waals surface area contributed by atoms with Crippen molar-refractivity contribution >= 4 is 23.8 Å². The van der Waals surface area contributed by atoms with Gasteiger partial charge >= 0.3 is 12.0 Å². The summed E-state index contributed by atoms with van der Waals surface area (Å²) < 4.78 is 0. The number of nitrogens with one attached hydrogen (secondary N) is 1. The first-order valence-corrected chi connectivity index (χ1v) is 7.20. The molecule has 0 rings (SSSR count). The Morgan fingerprint density at radius 1 is 1.39 bits per heavy atom. The highest BCUT2D eigenvalue weighted by Crippen LogP contribution is 2.27. The largest absolute Gasteiger partial charge is 0.481 e. The number of carbonyl (C=O) groups is 2. The Labute approximate surface area is 113 Å². The third kappa shape index (κ3) is 6.74. The molecule has 0 aromatic carbocycles. The molecule has 0 aromatic heterocycles. The highest BCUT2D eigenvalue weighted by molar-refractivity contribution is 7.99. The van der Waals surface area contributed by atoms with Crippen LogP contribution in [0.1, 0.15) is 27.2 Å². The molecule has 18 heavy (non-hydrogen) atoms. The zero-order chi connectivity index (χ0) is 14.3. The number of rotatable bonds is 6. The van der Waals surface area contributed by atoms with Crippen LogP contribution < -0.4 is 5.32 Å². The van der Waals surface area contributed by atoms with Gasteiger partial charge in [-0.2, -0.15) is 11.8 Å². The van der Waals surface area contributed by atoms with Gasteiger partial charge in [-0.3, -0.25) is 4.79 Å². The van der Waals surface area contributed by atoms with Crippen LogP contribution in [0.5, 0.6) is 0 Å². The average Bonchev–Trinajstić information content (AvgIpc) is 2.24. The lowest BCUT2D eigenvalue weighted by Gasteiger charge is -2.30. The van der Waals surface area contributed by atoms with Crippen LogP contribution >= 0.6 is 11.8 Å². The van der Waals surface area contributed by atoms with Crippen LogP contribution in [0.15, 0.2) is 0 Å². The first-order valence-electron chi connectivity index (χ1n) is 5.92. The molecule has 2 N–H and O–H groups in total. The van der Waals surface area contributed by atoms with E-state index < -0.39 is 5.97 Å². The molecule has 1 unspecified atom stereocenters. The van der Waals surface area contributed by atoms with Gasteiger partial charge in [0, 0.05) is 25.4 Å². The molecule has 106 valence electrons. The van der Waals surface area contributed by atoms with Crippen molar-refractivity contribution < 1.29 is 14.7 Å². The molecule has 0 radical (unpaired) electrons. The SMILES string of the molecule is CSC(CNC(=O)N(C)CCC(=O)O)C(C)(C)C. The van der Waals surface area contributed by atoms with E-state index in [4.69, 9.17) is 5.11 Å². The fraction of sp³-hybridized carbons (Fsp3) is 0.833. The number of nitrogens with zero attached hydrogens (tertiary/aromatic N) is 1. The average molecular weight is 276 g/mol. The van der Waals surface area contributed by atoms with Crippen molar-refractivity contribution in [2.75, 3.05) is 26.4 Å². The number of carboxylic acids is 1. The molecular formula is C12H24N2O3S. The second-order valence-electron chi connectivity index (χ2n) is 5.34. The van der Waals surface area contributed by atoms with Gasteiger partial charge in [-0.1, -0.05) is 20.8 Å². The maximum absolute atomic E-state index is 11.7. The normalized spacial score (nSPS) is 12.9. The lowest BCUT2D eigenvalue weighted by Crippen LogP contribution is -2.43. The molecule has 0 aliphatic rings. The molecule has 0 saturated heterocycles. The zero-order valence-corrected chi connectivity index (χ0v) is 12.6. The molecule has 0 spiro atoms. The van der Waals surface area contributed by atoms with Crippen molar-refractivity contribution in [3.05, 3.63) is 0 Å². The van der Waals surface area contributed by atoms with Gasteiger partial charge in [0.15, 0.2) is 0 Å². The second-order valence-corrected chi connectivity index (χ2v) is 6.38. The molecule has 1 atom stereocenters. The number of hydrogen-bond donors (Lipinski definition) is 2. The van der Waals surface area contributed by atoms with Crippen molar-refractivity contribution in [3.8, 4) is 0 Å². The third-order valence-electron chi connectivity index (χ3n) is 2.70. The number of urea groups is 1. The van der Waals surface area contributed by atoms with E-state index in [1.807, 2.05) is 6.26 Å². The van der Waals surface area contributed by atoms with Crippen molar-refractivity contribution in [3.63, 3.8) is 0 Å². The van der Waals surface area contributed by atoms with Gasteiger partial charge in [-0.05, 0) is 11.7 Å². The number of aliphatic carboxylic acids is 1. The van der Waals surface area contributed by atoms with Crippen molar-refractivity contribution in [1.29, 1.82) is 0 Å². The molecule has 2 amide bonds. The van der Waals surface area contributed by atoms with E-state index in [1.165, 1.54) is 4.90 Å².